The average molecular weight is 335 g/mol. The average Bonchev–Trinajstić information content (AvgIpc) is 3.16. The summed E-state index contributed by atoms with van der Waals surface area (Å²) in [7, 11) is 0. The van der Waals surface area contributed by atoms with E-state index in [1.165, 1.54) is 31.0 Å². The first-order chi connectivity index (χ1) is 11.1. The van der Waals surface area contributed by atoms with E-state index in [9.17, 15) is 4.79 Å². The highest BCUT2D eigenvalue weighted by molar-refractivity contribution is 7.99. The zero-order valence-corrected chi connectivity index (χ0v) is 14.2. The van der Waals surface area contributed by atoms with E-state index in [4.69, 9.17) is 8.83 Å². The zero-order chi connectivity index (χ0) is 16.2. The number of hydrogen-bond donors (Lipinski definition) is 1. The largest absolute Gasteiger partial charge is 0.469 e. The van der Waals surface area contributed by atoms with E-state index in [1.807, 2.05) is 6.92 Å². The molecular weight excluding hydrogens is 314 g/mol. The first-order valence-corrected chi connectivity index (χ1v) is 8.92. The van der Waals surface area contributed by atoms with E-state index >= 15 is 0 Å². The van der Waals surface area contributed by atoms with Crippen LogP contribution in [0, 0.1) is 12.8 Å². The monoisotopic (exact) mass is 335 g/mol. The predicted molar refractivity (Wildman–Crippen MR) is 87.0 cm³/mol. The molecule has 1 saturated carbocycles. The predicted octanol–water partition coefficient (Wildman–Crippen LogP) is 3.43. The summed E-state index contributed by atoms with van der Waals surface area (Å²) in [5.41, 5.74) is 0.782. The van der Waals surface area contributed by atoms with Crippen molar-refractivity contribution in [2.24, 2.45) is 5.92 Å². The molecule has 1 amide bonds. The minimum Gasteiger partial charge on any atom is -0.469 e. The van der Waals surface area contributed by atoms with Crippen LogP contribution in [0.15, 0.2) is 26.4 Å². The summed E-state index contributed by atoms with van der Waals surface area (Å²) in [6.07, 6.45) is 6.30. The zero-order valence-electron chi connectivity index (χ0n) is 13.4. The van der Waals surface area contributed by atoms with Crippen LogP contribution in [-0.2, 0) is 4.79 Å². The molecule has 0 saturated heterocycles. The Labute approximate surface area is 139 Å². The summed E-state index contributed by atoms with van der Waals surface area (Å²) in [6, 6.07) is 2.08. The SMILES string of the molecule is Cc1occc1-c1nnc(SCC(=O)N[C@H]2CCCC[C@H]2C)o1. The van der Waals surface area contributed by atoms with E-state index < -0.39 is 0 Å². The Kier molecular flexibility index (Phi) is 5.05. The molecule has 0 bridgehead atoms. The van der Waals surface area contributed by atoms with E-state index in [2.05, 4.69) is 22.4 Å². The van der Waals surface area contributed by atoms with Gasteiger partial charge in [0, 0.05) is 6.04 Å². The maximum Gasteiger partial charge on any atom is 0.277 e. The minimum atomic E-state index is 0.0213. The van der Waals surface area contributed by atoms with Gasteiger partial charge in [0.25, 0.3) is 11.1 Å². The van der Waals surface area contributed by atoms with Gasteiger partial charge in [-0.1, -0.05) is 31.5 Å². The molecule has 0 radical (unpaired) electrons. The fraction of sp³-hybridized carbons (Fsp3) is 0.562. The van der Waals surface area contributed by atoms with E-state index in [0.29, 0.717) is 23.1 Å². The molecule has 7 heteroatoms. The van der Waals surface area contributed by atoms with E-state index in [0.717, 1.165) is 17.7 Å². The fourth-order valence-electron chi connectivity index (χ4n) is 2.89. The van der Waals surface area contributed by atoms with Crippen molar-refractivity contribution >= 4 is 17.7 Å². The number of carbonyl (C=O) groups excluding carboxylic acids is 1. The second kappa shape index (κ2) is 7.21. The summed E-state index contributed by atoms with van der Waals surface area (Å²) in [5.74, 6) is 2.01. The number of furan rings is 1. The van der Waals surface area contributed by atoms with E-state index in [-0.39, 0.29) is 11.7 Å². The lowest BCUT2D eigenvalue weighted by Crippen LogP contribution is -2.41. The molecule has 1 aliphatic carbocycles. The molecule has 23 heavy (non-hydrogen) atoms. The maximum atomic E-state index is 12.1. The second-order valence-electron chi connectivity index (χ2n) is 5.99. The Morgan fingerprint density at radius 2 is 2.22 bits per heavy atom. The van der Waals surface area contributed by atoms with Crippen molar-refractivity contribution in [2.75, 3.05) is 5.75 Å². The Balaban J connectivity index is 1.51. The molecule has 0 spiro atoms. The highest BCUT2D eigenvalue weighted by Crippen LogP contribution is 2.27. The van der Waals surface area contributed by atoms with Gasteiger partial charge in [0.1, 0.15) is 5.76 Å². The number of nitrogens with one attached hydrogen (secondary N) is 1. The van der Waals surface area contributed by atoms with Crippen LogP contribution in [0.1, 0.15) is 38.4 Å². The van der Waals surface area contributed by atoms with Crippen molar-refractivity contribution in [1.82, 2.24) is 15.5 Å². The van der Waals surface area contributed by atoms with Crippen LogP contribution in [0.3, 0.4) is 0 Å². The first kappa shape index (κ1) is 16.1. The standard InChI is InChI=1S/C16H21N3O3S/c1-10-5-3-4-6-13(10)17-14(20)9-23-16-19-18-15(22-16)12-7-8-21-11(12)2/h7-8,10,13H,3-6,9H2,1-2H3,(H,17,20)/t10-,13+/m1/s1. The third-order valence-corrected chi connectivity index (χ3v) is 5.10. The van der Waals surface area contributed by atoms with Gasteiger partial charge in [-0.2, -0.15) is 0 Å². The molecule has 2 heterocycles. The Morgan fingerprint density at radius 3 is 2.96 bits per heavy atom. The van der Waals surface area contributed by atoms with Crippen LogP contribution in [0.25, 0.3) is 11.5 Å². The molecule has 1 aliphatic rings. The van der Waals surface area contributed by atoms with Crippen molar-refractivity contribution in [2.45, 2.75) is 50.8 Å². The minimum absolute atomic E-state index is 0.0213. The molecule has 6 nitrogen and oxygen atoms in total. The lowest BCUT2D eigenvalue weighted by Gasteiger charge is -2.29. The van der Waals surface area contributed by atoms with Gasteiger partial charge in [0.15, 0.2) is 0 Å². The number of thioether (sulfide) groups is 1. The normalized spacial score (nSPS) is 21.3. The summed E-state index contributed by atoms with van der Waals surface area (Å²) in [6.45, 7) is 4.04. The van der Waals surface area contributed by atoms with Crippen molar-refractivity contribution in [3.8, 4) is 11.5 Å². The van der Waals surface area contributed by atoms with Crippen LogP contribution in [0.5, 0.6) is 0 Å². The molecule has 2 atom stereocenters. The van der Waals surface area contributed by atoms with Gasteiger partial charge >= 0.3 is 0 Å². The molecule has 1 fully saturated rings. The van der Waals surface area contributed by atoms with Crippen molar-refractivity contribution in [3.05, 3.63) is 18.1 Å². The molecule has 124 valence electrons. The number of hydrogen-bond acceptors (Lipinski definition) is 6. The lowest BCUT2D eigenvalue weighted by atomic mass is 9.86. The molecule has 2 aromatic rings. The van der Waals surface area contributed by atoms with E-state index in [1.54, 1.807) is 12.3 Å². The van der Waals surface area contributed by atoms with Crippen LogP contribution < -0.4 is 5.32 Å². The summed E-state index contributed by atoms with van der Waals surface area (Å²) >= 11 is 1.26. The molecule has 0 unspecified atom stereocenters. The van der Waals surface area contributed by atoms with Crippen molar-refractivity contribution < 1.29 is 13.6 Å². The second-order valence-corrected chi connectivity index (χ2v) is 6.91. The smallest absolute Gasteiger partial charge is 0.277 e. The number of aryl methyl sites for hydroxylation is 1. The van der Waals surface area contributed by atoms with Gasteiger partial charge in [-0.05, 0) is 31.7 Å². The Morgan fingerprint density at radius 1 is 1.39 bits per heavy atom. The molecular formula is C16H21N3O3S. The van der Waals surface area contributed by atoms with Gasteiger partial charge in [-0.25, -0.2) is 0 Å². The van der Waals surface area contributed by atoms with Crippen LogP contribution in [0.2, 0.25) is 0 Å². The molecule has 3 rings (SSSR count). The van der Waals surface area contributed by atoms with Gasteiger partial charge in [-0.3, -0.25) is 4.79 Å². The van der Waals surface area contributed by atoms with Crippen LogP contribution in [0.4, 0.5) is 0 Å². The summed E-state index contributed by atoms with van der Waals surface area (Å²) in [4.78, 5) is 12.1. The third-order valence-electron chi connectivity index (χ3n) is 4.28. The number of nitrogens with zero attached hydrogens (tertiary/aromatic N) is 2. The van der Waals surface area contributed by atoms with Crippen molar-refractivity contribution in [1.29, 1.82) is 0 Å². The van der Waals surface area contributed by atoms with Gasteiger partial charge in [0.2, 0.25) is 5.91 Å². The third kappa shape index (κ3) is 3.96. The quantitative estimate of drug-likeness (QED) is 0.843. The summed E-state index contributed by atoms with van der Waals surface area (Å²) in [5, 5.41) is 11.5. The number of amides is 1. The first-order valence-electron chi connectivity index (χ1n) is 7.93. The van der Waals surface area contributed by atoms with Crippen LogP contribution >= 0.6 is 11.8 Å². The number of rotatable bonds is 5. The molecule has 2 aromatic heterocycles. The van der Waals surface area contributed by atoms with Gasteiger partial charge < -0.3 is 14.2 Å². The molecule has 1 N–H and O–H groups in total. The number of aromatic nitrogens is 2. The number of carbonyl (C=O) groups is 1. The van der Waals surface area contributed by atoms with Gasteiger partial charge in [0.05, 0.1) is 17.6 Å². The summed E-state index contributed by atoms with van der Waals surface area (Å²) < 4.78 is 10.8. The van der Waals surface area contributed by atoms with Crippen LogP contribution in [-0.4, -0.2) is 27.9 Å². The van der Waals surface area contributed by atoms with Gasteiger partial charge in [-0.15, -0.1) is 10.2 Å². The Bertz CT molecular complexity index is 667. The molecule has 0 aromatic carbocycles. The fourth-order valence-corrected chi connectivity index (χ4v) is 3.46. The van der Waals surface area contributed by atoms with Crippen molar-refractivity contribution in [3.63, 3.8) is 0 Å². The highest BCUT2D eigenvalue weighted by atomic mass is 32.2. The highest BCUT2D eigenvalue weighted by Gasteiger charge is 2.23. The Hall–Kier alpha value is -1.76. The topological polar surface area (TPSA) is 81.2 Å². The maximum absolute atomic E-state index is 12.1. The molecule has 0 aliphatic heterocycles. The lowest BCUT2D eigenvalue weighted by molar-refractivity contribution is -0.119.